The van der Waals surface area contributed by atoms with E-state index >= 15 is 0 Å². The van der Waals surface area contributed by atoms with Gasteiger partial charge in [0.15, 0.2) is 0 Å². The molecule has 138 valence electrons. The predicted octanol–water partition coefficient (Wildman–Crippen LogP) is 5.43. The van der Waals surface area contributed by atoms with Gasteiger partial charge in [-0.3, -0.25) is 0 Å². The maximum Gasteiger partial charge on any atom is 0.119 e. The molecular formula is C23H29NO2. The third kappa shape index (κ3) is 4.67. The number of para-hydroxylation sites is 1. The van der Waals surface area contributed by atoms with E-state index in [1.54, 1.807) is 0 Å². The Bertz CT molecular complexity index is 740. The molecule has 3 unspecified atom stereocenters. The third-order valence-corrected chi connectivity index (χ3v) is 4.99. The van der Waals surface area contributed by atoms with Gasteiger partial charge in [-0.2, -0.15) is 0 Å². The number of aliphatic hydroxyl groups excluding tert-OH is 1. The smallest absolute Gasteiger partial charge is 0.119 e. The van der Waals surface area contributed by atoms with Crippen molar-refractivity contribution < 1.29 is 9.84 Å². The molecule has 3 atom stereocenters. The number of hydrogen-bond acceptors (Lipinski definition) is 3. The summed E-state index contributed by atoms with van der Waals surface area (Å²) in [6.45, 7) is 4.84. The Morgan fingerprint density at radius 2 is 2.00 bits per heavy atom. The van der Waals surface area contributed by atoms with Gasteiger partial charge < -0.3 is 15.2 Å². The zero-order chi connectivity index (χ0) is 18.4. The normalized spacial score (nSPS) is 17.9. The SMILES string of the molecule is CCCCC(C)C(O)c1cccc(OCC2C=Cc3ccccc3N2)c1. The Balaban J connectivity index is 1.58. The molecule has 1 heterocycles. The van der Waals surface area contributed by atoms with E-state index < -0.39 is 6.10 Å². The number of hydrogen-bond donors (Lipinski definition) is 2. The molecule has 3 heteroatoms. The molecule has 26 heavy (non-hydrogen) atoms. The summed E-state index contributed by atoms with van der Waals surface area (Å²) >= 11 is 0. The molecule has 3 nitrogen and oxygen atoms in total. The van der Waals surface area contributed by atoms with Crippen molar-refractivity contribution in [2.24, 2.45) is 5.92 Å². The summed E-state index contributed by atoms with van der Waals surface area (Å²) in [5.74, 6) is 1.06. The first-order valence-corrected chi connectivity index (χ1v) is 9.62. The van der Waals surface area contributed by atoms with Crippen molar-refractivity contribution >= 4 is 11.8 Å². The Kier molecular flexibility index (Phi) is 6.35. The zero-order valence-electron chi connectivity index (χ0n) is 15.7. The number of fused-ring (bicyclic) bond motifs is 1. The van der Waals surface area contributed by atoms with Crippen LogP contribution in [0, 0.1) is 5.92 Å². The van der Waals surface area contributed by atoms with Crippen LogP contribution in [-0.4, -0.2) is 17.8 Å². The summed E-state index contributed by atoms with van der Waals surface area (Å²) in [4.78, 5) is 0. The first-order valence-electron chi connectivity index (χ1n) is 9.62. The third-order valence-electron chi connectivity index (χ3n) is 4.99. The topological polar surface area (TPSA) is 41.5 Å². The second-order valence-corrected chi connectivity index (χ2v) is 7.15. The molecule has 0 bridgehead atoms. The van der Waals surface area contributed by atoms with E-state index in [1.165, 1.54) is 5.56 Å². The standard InChI is InChI=1S/C23H29NO2/c1-3-4-8-17(2)23(25)19-10-7-11-21(15-19)26-16-20-14-13-18-9-5-6-12-22(18)24-20/h5-7,9-15,17,20,23-25H,3-4,8,16H2,1-2H3. The van der Waals surface area contributed by atoms with Crippen LogP contribution in [-0.2, 0) is 0 Å². The van der Waals surface area contributed by atoms with Gasteiger partial charge in [0.2, 0.25) is 0 Å². The molecule has 0 saturated carbocycles. The number of unbranched alkanes of at least 4 members (excludes halogenated alkanes) is 1. The minimum Gasteiger partial charge on any atom is -0.491 e. The highest BCUT2D eigenvalue weighted by Gasteiger charge is 2.17. The fraction of sp³-hybridized carbons (Fsp3) is 0.391. The fourth-order valence-electron chi connectivity index (χ4n) is 3.33. The average Bonchev–Trinajstić information content (AvgIpc) is 2.70. The van der Waals surface area contributed by atoms with Crippen LogP contribution < -0.4 is 10.1 Å². The maximum absolute atomic E-state index is 10.6. The lowest BCUT2D eigenvalue weighted by molar-refractivity contribution is 0.111. The fourth-order valence-corrected chi connectivity index (χ4v) is 3.33. The Hall–Kier alpha value is -2.26. The van der Waals surface area contributed by atoms with Crippen molar-refractivity contribution in [3.05, 3.63) is 65.7 Å². The largest absolute Gasteiger partial charge is 0.491 e. The van der Waals surface area contributed by atoms with E-state index in [0.717, 1.165) is 36.3 Å². The molecule has 2 aromatic rings. The van der Waals surface area contributed by atoms with Crippen LogP contribution in [0.15, 0.2) is 54.6 Å². The van der Waals surface area contributed by atoms with Gasteiger partial charge in [0.25, 0.3) is 0 Å². The zero-order valence-corrected chi connectivity index (χ0v) is 15.7. The van der Waals surface area contributed by atoms with E-state index in [9.17, 15) is 5.11 Å². The highest BCUT2D eigenvalue weighted by Crippen LogP contribution is 2.28. The van der Waals surface area contributed by atoms with Crippen molar-refractivity contribution in [1.82, 2.24) is 0 Å². The molecular weight excluding hydrogens is 322 g/mol. The molecule has 3 rings (SSSR count). The van der Waals surface area contributed by atoms with Gasteiger partial charge in [-0.1, -0.05) is 69.2 Å². The summed E-state index contributed by atoms with van der Waals surface area (Å²) in [6.07, 6.45) is 7.17. The summed E-state index contributed by atoms with van der Waals surface area (Å²) in [6, 6.07) is 16.3. The number of anilines is 1. The highest BCUT2D eigenvalue weighted by atomic mass is 16.5. The Morgan fingerprint density at radius 1 is 1.15 bits per heavy atom. The first kappa shape index (κ1) is 18.5. The van der Waals surface area contributed by atoms with Crippen LogP contribution in [0.3, 0.4) is 0 Å². The van der Waals surface area contributed by atoms with Crippen LogP contribution in [0.5, 0.6) is 5.75 Å². The monoisotopic (exact) mass is 351 g/mol. The molecule has 1 aliphatic rings. The molecule has 0 aliphatic carbocycles. The molecule has 0 fully saturated rings. The number of ether oxygens (including phenoxy) is 1. The molecule has 2 aromatic carbocycles. The molecule has 0 radical (unpaired) electrons. The van der Waals surface area contributed by atoms with Crippen molar-refractivity contribution in [2.45, 2.75) is 45.3 Å². The van der Waals surface area contributed by atoms with E-state index in [2.05, 4.69) is 43.4 Å². The summed E-state index contributed by atoms with van der Waals surface area (Å²) in [5.41, 5.74) is 3.27. The lowest BCUT2D eigenvalue weighted by atomic mass is 9.93. The molecule has 0 spiro atoms. The van der Waals surface area contributed by atoms with Gasteiger partial charge in [-0.05, 0) is 41.7 Å². The second-order valence-electron chi connectivity index (χ2n) is 7.15. The van der Waals surface area contributed by atoms with Crippen molar-refractivity contribution in [3.8, 4) is 5.75 Å². The average molecular weight is 351 g/mol. The van der Waals surface area contributed by atoms with Crippen molar-refractivity contribution in [3.63, 3.8) is 0 Å². The Labute approximate surface area is 156 Å². The van der Waals surface area contributed by atoms with Gasteiger partial charge in [0.1, 0.15) is 12.4 Å². The van der Waals surface area contributed by atoms with Gasteiger partial charge in [-0.15, -0.1) is 0 Å². The summed E-state index contributed by atoms with van der Waals surface area (Å²) in [5, 5.41) is 14.1. The quantitative estimate of drug-likeness (QED) is 0.666. The van der Waals surface area contributed by atoms with Crippen LogP contribution in [0.1, 0.15) is 50.3 Å². The van der Waals surface area contributed by atoms with Crippen LogP contribution in [0.25, 0.3) is 6.08 Å². The minimum atomic E-state index is -0.440. The van der Waals surface area contributed by atoms with Gasteiger partial charge in [0.05, 0.1) is 12.1 Å². The predicted molar refractivity (Wildman–Crippen MR) is 108 cm³/mol. The van der Waals surface area contributed by atoms with Gasteiger partial charge in [-0.25, -0.2) is 0 Å². The van der Waals surface area contributed by atoms with E-state index in [0.29, 0.717) is 6.61 Å². The van der Waals surface area contributed by atoms with E-state index in [4.69, 9.17) is 4.74 Å². The van der Waals surface area contributed by atoms with E-state index in [-0.39, 0.29) is 12.0 Å². The maximum atomic E-state index is 10.6. The first-order chi connectivity index (χ1) is 12.7. The van der Waals surface area contributed by atoms with Gasteiger partial charge >= 0.3 is 0 Å². The van der Waals surface area contributed by atoms with Crippen LogP contribution in [0.2, 0.25) is 0 Å². The van der Waals surface area contributed by atoms with Crippen LogP contribution >= 0.6 is 0 Å². The second kappa shape index (κ2) is 8.91. The van der Waals surface area contributed by atoms with Crippen LogP contribution in [0.4, 0.5) is 5.69 Å². The summed E-state index contributed by atoms with van der Waals surface area (Å²) < 4.78 is 5.99. The minimum absolute atomic E-state index is 0.141. The van der Waals surface area contributed by atoms with E-state index in [1.807, 2.05) is 36.4 Å². The lowest BCUT2D eigenvalue weighted by Crippen LogP contribution is -2.27. The Morgan fingerprint density at radius 3 is 2.85 bits per heavy atom. The summed E-state index contributed by atoms with van der Waals surface area (Å²) in [7, 11) is 0. The van der Waals surface area contributed by atoms with Gasteiger partial charge in [0, 0.05) is 5.69 Å². The molecule has 0 aromatic heterocycles. The number of aliphatic hydroxyl groups is 1. The number of nitrogens with one attached hydrogen (secondary N) is 1. The molecule has 2 N–H and O–H groups in total. The highest BCUT2D eigenvalue weighted by molar-refractivity contribution is 5.70. The number of benzene rings is 2. The lowest BCUT2D eigenvalue weighted by Gasteiger charge is -2.23. The van der Waals surface area contributed by atoms with Crippen molar-refractivity contribution in [1.29, 1.82) is 0 Å². The van der Waals surface area contributed by atoms with Crippen molar-refractivity contribution in [2.75, 3.05) is 11.9 Å². The molecule has 0 saturated heterocycles. The molecule has 0 amide bonds. The number of rotatable bonds is 8. The molecule has 1 aliphatic heterocycles.